The molecule has 0 aliphatic heterocycles. The van der Waals surface area contributed by atoms with Gasteiger partial charge in [-0.05, 0) is 13.3 Å². The third-order valence-electron chi connectivity index (χ3n) is 1.47. The molecule has 2 nitrogen and oxygen atoms in total. The van der Waals surface area contributed by atoms with E-state index in [-0.39, 0.29) is 12.0 Å². The molecule has 0 spiro atoms. The zero-order chi connectivity index (χ0) is 7.28. The maximum atomic E-state index is 10.3. The molecule has 0 fully saturated rings. The average Bonchev–Trinajstić information content (AvgIpc) is 1.82. The molecule has 2 atom stereocenters. The lowest BCUT2D eigenvalue weighted by Crippen LogP contribution is -2.27. The molecule has 0 aromatic heterocycles. The van der Waals surface area contributed by atoms with Crippen LogP contribution in [0.5, 0.6) is 0 Å². The Kier molecular flexibility index (Phi) is 4.32. The first kappa shape index (κ1) is 8.63. The summed E-state index contributed by atoms with van der Waals surface area (Å²) in [6, 6.07) is 0.0162. The first-order valence-electron chi connectivity index (χ1n) is 3.43. The summed E-state index contributed by atoms with van der Waals surface area (Å²) in [5.41, 5.74) is 5.50. The highest BCUT2D eigenvalue weighted by molar-refractivity contribution is 5.54. The van der Waals surface area contributed by atoms with Gasteiger partial charge in [0.1, 0.15) is 6.29 Å². The monoisotopic (exact) mass is 129 g/mol. The minimum absolute atomic E-state index is 0.0162. The van der Waals surface area contributed by atoms with E-state index in [1.165, 1.54) is 0 Å². The van der Waals surface area contributed by atoms with Crippen LogP contribution in [0.1, 0.15) is 26.7 Å². The van der Waals surface area contributed by atoms with Crippen LogP contribution >= 0.6 is 0 Å². The molecule has 0 bridgehead atoms. The summed E-state index contributed by atoms with van der Waals surface area (Å²) in [6.07, 6.45) is 2.90. The highest BCUT2D eigenvalue weighted by Crippen LogP contribution is 2.05. The Balaban J connectivity index is 3.54. The molecule has 2 heteroatoms. The normalized spacial score (nSPS) is 16.8. The number of nitrogens with two attached hydrogens (primary N) is 1. The van der Waals surface area contributed by atoms with Crippen molar-refractivity contribution >= 4 is 6.29 Å². The first-order valence-corrected chi connectivity index (χ1v) is 3.43. The van der Waals surface area contributed by atoms with Crippen molar-refractivity contribution in [3.8, 4) is 0 Å². The predicted molar refractivity (Wildman–Crippen MR) is 38.1 cm³/mol. The van der Waals surface area contributed by atoms with Gasteiger partial charge < -0.3 is 10.5 Å². The van der Waals surface area contributed by atoms with E-state index in [4.69, 9.17) is 5.73 Å². The van der Waals surface area contributed by atoms with E-state index in [1.54, 1.807) is 0 Å². The summed E-state index contributed by atoms with van der Waals surface area (Å²) >= 11 is 0. The number of hydrogen-bond acceptors (Lipinski definition) is 2. The van der Waals surface area contributed by atoms with Crippen molar-refractivity contribution in [1.29, 1.82) is 0 Å². The fourth-order valence-electron chi connectivity index (χ4n) is 0.788. The van der Waals surface area contributed by atoms with Gasteiger partial charge in [0.25, 0.3) is 0 Å². The maximum absolute atomic E-state index is 10.3. The van der Waals surface area contributed by atoms with E-state index >= 15 is 0 Å². The van der Waals surface area contributed by atoms with Gasteiger partial charge in [0, 0.05) is 12.0 Å². The van der Waals surface area contributed by atoms with Gasteiger partial charge in [0.2, 0.25) is 0 Å². The molecule has 0 radical (unpaired) electrons. The van der Waals surface area contributed by atoms with Crippen LogP contribution in [0.2, 0.25) is 0 Å². The number of rotatable bonds is 4. The number of carbonyl (C=O) groups is 1. The SMILES string of the molecule is CCCC(C=O)C(C)N. The third-order valence-corrected chi connectivity index (χ3v) is 1.47. The summed E-state index contributed by atoms with van der Waals surface area (Å²) in [4.78, 5) is 10.3. The molecule has 0 aliphatic carbocycles. The Morgan fingerprint density at radius 3 is 2.33 bits per heavy atom. The molecule has 0 heterocycles. The van der Waals surface area contributed by atoms with Gasteiger partial charge in [0.05, 0.1) is 0 Å². The molecule has 0 amide bonds. The summed E-state index contributed by atoms with van der Waals surface area (Å²) in [7, 11) is 0. The Hall–Kier alpha value is -0.370. The minimum atomic E-state index is 0.0162. The molecule has 0 saturated heterocycles. The van der Waals surface area contributed by atoms with E-state index < -0.39 is 0 Å². The van der Waals surface area contributed by atoms with Crippen LogP contribution in [-0.4, -0.2) is 12.3 Å². The quantitative estimate of drug-likeness (QED) is 0.574. The third kappa shape index (κ3) is 3.25. The maximum Gasteiger partial charge on any atom is 0.124 e. The second-order valence-corrected chi connectivity index (χ2v) is 2.45. The molecule has 2 N–H and O–H groups in total. The predicted octanol–water partition coefficient (Wildman–Crippen LogP) is 0.949. The van der Waals surface area contributed by atoms with Crippen molar-refractivity contribution in [3.05, 3.63) is 0 Å². The van der Waals surface area contributed by atoms with Crippen LogP contribution in [0, 0.1) is 5.92 Å². The molecule has 9 heavy (non-hydrogen) atoms. The summed E-state index contributed by atoms with van der Waals surface area (Å²) < 4.78 is 0. The number of carbonyl (C=O) groups excluding carboxylic acids is 1. The van der Waals surface area contributed by atoms with Gasteiger partial charge >= 0.3 is 0 Å². The molecular weight excluding hydrogens is 114 g/mol. The van der Waals surface area contributed by atoms with Gasteiger partial charge in [-0.15, -0.1) is 0 Å². The second kappa shape index (κ2) is 4.50. The second-order valence-electron chi connectivity index (χ2n) is 2.45. The lowest BCUT2D eigenvalue weighted by atomic mass is 9.99. The van der Waals surface area contributed by atoms with Crippen molar-refractivity contribution in [2.75, 3.05) is 0 Å². The van der Waals surface area contributed by atoms with Crippen molar-refractivity contribution in [2.45, 2.75) is 32.7 Å². The molecular formula is C7H15NO. The van der Waals surface area contributed by atoms with Gasteiger partial charge in [-0.2, -0.15) is 0 Å². The zero-order valence-corrected chi connectivity index (χ0v) is 6.13. The van der Waals surface area contributed by atoms with Crippen molar-refractivity contribution in [2.24, 2.45) is 11.7 Å². The lowest BCUT2D eigenvalue weighted by molar-refractivity contribution is -0.111. The standard InChI is InChI=1S/C7H15NO/c1-3-4-7(5-9)6(2)8/h5-7H,3-4,8H2,1-2H3. The van der Waals surface area contributed by atoms with Crippen LogP contribution in [0.15, 0.2) is 0 Å². The Bertz CT molecular complexity index is 81.0. The molecule has 0 aromatic carbocycles. The molecule has 0 saturated carbocycles. The first-order chi connectivity index (χ1) is 4.22. The highest BCUT2D eigenvalue weighted by Gasteiger charge is 2.09. The van der Waals surface area contributed by atoms with Crippen molar-refractivity contribution in [1.82, 2.24) is 0 Å². The van der Waals surface area contributed by atoms with Gasteiger partial charge in [-0.25, -0.2) is 0 Å². The summed E-state index contributed by atoms with van der Waals surface area (Å²) in [6.45, 7) is 3.92. The molecule has 54 valence electrons. The average molecular weight is 129 g/mol. The van der Waals surface area contributed by atoms with E-state index in [2.05, 4.69) is 6.92 Å². The van der Waals surface area contributed by atoms with E-state index in [0.717, 1.165) is 19.1 Å². The fourth-order valence-corrected chi connectivity index (χ4v) is 0.788. The van der Waals surface area contributed by atoms with E-state index in [0.29, 0.717) is 0 Å². The summed E-state index contributed by atoms with van der Waals surface area (Å²) in [5, 5.41) is 0. The zero-order valence-electron chi connectivity index (χ0n) is 6.13. The molecule has 0 aliphatic rings. The van der Waals surface area contributed by atoms with Crippen LogP contribution < -0.4 is 5.73 Å². The van der Waals surface area contributed by atoms with Gasteiger partial charge in [-0.3, -0.25) is 0 Å². The largest absolute Gasteiger partial charge is 0.327 e. The summed E-state index contributed by atoms with van der Waals surface area (Å²) in [5.74, 6) is 0.0648. The van der Waals surface area contributed by atoms with Crippen LogP contribution in [0.4, 0.5) is 0 Å². The molecule has 0 rings (SSSR count). The van der Waals surface area contributed by atoms with Crippen LogP contribution in [-0.2, 0) is 4.79 Å². The smallest absolute Gasteiger partial charge is 0.124 e. The molecule has 0 aromatic rings. The Labute approximate surface area is 56.4 Å². The molecule has 2 unspecified atom stereocenters. The van der Waals surface area contributed by atoms with Crippen molar-refractivity contribution in [3.63, 3.8) is 0 Å². The minimum Gasteiger partial charge on any atom is -0.327 e. The van der Waals surface area contributed by atoms with Crippen LogP contribution in [0.25, 0.3) is 0 Å². The topological polar surface area (TPSA) is 43.1 Å². The van der Waals surface area contributed by atoms with Gasteiger partial charge in [-0.1, -0.05) is 13.3 Å². The Morgan fingerprint density at radius 2 is 2.22 bits per heavy atom. The Morgan fingerprint density at radius 1 is 1.67 bits per heavy atom. The van der Waals surface area contributed by atoms with E-state index in [1.807, 2.05) is 6.92 Å². The number of hydrogen-bond donors (Lipinski definition) is 1. The van der Waals surface area contributed by atoms with E-state index in [9.17, 15) is 4.79 Å². The fraction of sp³-hybridized carbons (Fsp3) is 0.857. The van der Waals surface area contributed by atoms with Gasteiger partial charge in [0.15, 0.2) is 0 Å². The van der Waals surface area contributed by atoms with Crippen molar-refractivity contribution < 1.29 is 4.79 Å². The highest BCUT2D eigenvalue weighted by atomic mass is 16.1. The van der Waals surface area contributed by atoms with Crippen LogP contribution in [0.3, 0.4) is 0 Å². The lowest BCUT2D eigenvalue weighted by Gasteiger charge is -2.11. The number of aldehydes is 1.